The van der Waals surface area contributed by atoms with Crippen LogP contribution < -0.4 is 0 Å². The third kappa shape index (κ3) is 2.82. The molecule has 5 nitrogen and oxygen atoms in total. The van der Waals surface area contributed by atoms with Gasteiger partial charge in [-0.05, 0) is 5.56 Å². The van der Waals surface area contributed by atoms with Crippen LogP contribution in [0.5, 0.6) is 0 Å². The first-order valence-corrected chi connectivity index (χ1v) is 5.44. The summed E-state index contributed by atoms with van der Waals surface area (Å²) in [6.07, 6.45) is 5.18. The van der Waals surface area contributed by atoms with E-state index in [9.17, 15) is 10.1 Å². The zero-order valence-electron chi connectivity index (χ0n) is 8.86. The molecule has 2 rings (SSSR count). The highest BCUT2D eigenvalue weighted by molar-refractivity contribution is 6.20. The molecule has 0 spiro atoms. The fraction of sp³-hybridized carbons (Fsp3) is 0.182. The van der Waals surface area contributed by atoms with Crippen molar-refractivity contribution in [3.05, 3.63) is 58.7 Å². The maximum atomic E-state index is 10.5. The van der Waals surface area contributed by atoms with Crippen molar-refractivity contribution in [1.29, 1.82) is 0 Å². The zero-order chi connectivity index (χ0) is 12.3. The van der Waals surface area contributed by atoms with Crippen molar-refractivity contribution in [3.8, 4) is 0 Å². The summed E-state index contributed by atoms with van der Waals surface area (Å²) >= 11 is 6.21. The van der Waals surface area contributed by atoms with Crippen LogP contribution in [-0.4, -0.2) is 14.5 Å². The van der Waals surface area contributed by atoms with Gasteiger partial charge in [0.1, 0.15) is 0 Å². The summed E-state index contributed by atoms with van der Waals surface area (Å²) in [4.78, 5) is 14.0. The molecule has 1 atom stereocenters. The van der Waals surface area contributed by atoms with Crippen LogP contribution in [0, 0.1) is 10.1 Å². The van der Waals surface area contributed by atoms with Gasteiger partial charge in [-0.15, -0.1) is 11.6 Å². The number of benzene rings is 1. The van der Waals surface area contributed by atoms with Gasteiger partial charge in [0.2, 0.25) is 0 Å². The van der Waals surface area contributed by atoms with Gasteiger partial charge >= 0.3 is 0 Å². The predicted molar refractivity (Wildman–Crippen MR) is 63.9 cm³/mol. The molecule has 0 saturated carbocycles. The summed E-state index contributed by atoms with van der Waals surface area (Å²) in [5.74, 6) is 0. The minimum absolute atomic E-state index is 0.0697. The highest BCUT2D eigenvalue weighted by atomic mass is 35.5. The molecule has 0 amide bonds. The van der Waals surface area contributed by atoms with Crippen LogP contribution in [0.2, 0.25) is 0 Å². The minimum atomic E-state index is -0.428. The van der Waals surface area contributed by atoms with E-state index in [1.165, 1.54) is 12.1 Å². The highest BCUT2D eigenvalue weighted by Crippen LogP contribution is 2.24. The molecule has 0 radical (unpaired) electrons. The molecule has 0 saturated heterocycles. The second-order valence-electron chi connectivity index (χ2n) is 3.58. The lowest BCUT2D eigenvalue weighted by Crippen LogP contribution is -2.02. The zero-order valence-corrected chi connectivity index (χ0v) is 9.62. The summed E-state index contributed by atoms with van der Waals surface area (Å²) < 4.78 is 1.86. The molecule has 0 aliphatic carbocycles. The maximum absolute atomic E-state index is 10.5. The van der Waals surface area contributed by atoms with E-state index >= 15 is 0 Å². The number of rotatable bonds is 4. The Bertz CT molecular complexity index is 496. The van der Waals surface area contributed by atoms with Gasteiger partial charge in [0.15, 0.2) is 0 Å². The molecule has 17 heavy (non-hydrogen) atoms. The number of hydrogen-bond donors (Lipinski definition) is 0. The minimum Gasteiger partial charge on any atom is -0.336 e. The van der Waals surface area contributed by atoms with Gasteiger partial charge in [0.25, 0.3) is 5.69 Å². The van der Waals surface area contributed by atoms with E-state index in [-0.39, 0.29) is 11.1 Å². The van der Waals surface area contributed by atoms with E-state index in [0.717, 1.165) is 5.56 Å². The van der Waals surface area contributed by atoms with E-state index in [2.05, 4.69) is 4.98 Å². The number of imidazole rings is 1. The van der Waals surface area contributed by atoms with E-state index in [1.807, 2.05) is 10.8 Å². The monoisotopic (exact) mass is 251 g/mol. The van der Waals surface area contributed by atoms with Crippen LogP contribution in [0.4, 0.5) is 5.69 Å². The Labute approximate surface area is 103 Å². The largest absolute Gasteiger partial charge is 0.336 e. The molecule has 1 unspecified atom stereocenters. The van der Waals surface area contributed by atoms with Crippen molar-refractivity contribution >= 4 is 17.3 Å². The summed E-state index contributed by atoms with van der Waals surface area (Å²) in [5, 5.41) is 10.3. The number of nitro benzene ring substituents is 1. The predicted octanol–water partition coefficient (Wildman–Crippen LogP) is 2.77. The molecule has 0 fully saturated rings. The first kappa shape index (κ1) is 11.6. The normalized spacial score (nSPS) is 12.3. The van der Waals surface area contributed by atoms with Crippen molar-refractivity contribution in [3.63, 3.8) is 0 Å². The number of halogens is 1. The van der Waals surface area contributed by atoms with E-state index in [1.54, 1.807) is 24.7 Å². The number of non-ortho nitro benzene ring substituents is 1. The molecule has 0 N–H and O–H groups in total. The third-order valence-electron chi connectivity index (χ3n) is 2.40. The molecule has 6 heteroatoms. The van der Waals surface area contributed by atoms with Gasteiger partial charge < -0.3 is 4.57 Å². The SMILES string of the molecule is O=[N+]([O-])c1ccc(C(Cl)Cn2ccnc2)cc1. The summed E-state index contributed by atoms with van der Waals surface area (Å²) in [6.45, 7) is 0.583. The molecule has 0 aliphatic rings. The molecule has 2 aromatic rings. The Morgan fingerprint density at radius 2 is 2.12 bits per heavy atom. The smallest absolute Gasteiger partial charge is 0.269 e. The fourth-order valence-corrected chi connectivity index (χ4v) is 1.79. The van der Waals surface area contributed by atoms with Crippen molar-refractivity contribution in [2.75, 3.05) is 0 Å². The molecular formula is C11H10ClN3O2. The standard InChI is InChI=1S/C11H10ClN3O2/c12-11(7-14-6-5-13-8-14)9-1-3-10(4-2-9)15(16)17/h1-6,8,11H,7H2. The first-order valence-electron chi connectivity index (χ1n) is 5.01. The van der Waals surface area contributed by atoms with Crippen molar-refractivity contribution in [2.45, 2.75) is 11.9 Å². The van der Waals surface area contributed by atoms with Gasteiger partial charge in [-0.1, -0.05) is 12.1 Å². The number of nitro groups is 1. The second-order valence-corrected chi connectivity index (χ2v) is 4.10. The Hall–Kier alpha value is -1.88. The van der Waals surface area contributed by atoms with Gasteiger partial charge in [0, 0.05) is 31.1 Å². The van der Waals surface area contributed by atoms with Crippen LogP contribution in [0.3, 0.4) is 0 Å². The average molecular weight is 252 g/mol. The molecule has 88 valence electrons. The molecule has 0 bridgehead atoms. The Balaban J connectivity index is 2.09. The van der Waals surface area contributed by atoms with E-state index < -0.39 is 4.92 Å². The number of alkyl halides is 1. The van der Waals surface area contributed by atoms with Gasteiger partial charge in [-0.3, -0.25) is 10.1 Å². The van der Waals surface area contributed by atoms with Crippen LogP contribution in [0.1, 0.15) is 10.9 Å². The lowest BCUT2D eigenvalue weighted by molar-refractivity contribution is -0.384. The lowest BCUT2D eigenvalue weighted by Gasteiger charge is -2.10. The Morgan fingerprint density at radius 1 is 1.41 bits per heavy atom. The van der Waals surface area contributed by atoms with Crippen LogP contribution in [-0.2, 0) is 6.54 Å². The molecule has 1 aromatic carbocycles. The number of nitrogens with zero attached hydrogens (tertiary/aromatic N) is 3. The van der Waals surface area contributed by atoms with Crippen LogP contribution in [0.15, 0.2) is 43.0 Å². The molecule has 0 aliphatic heterocycles. The summed E-state index contributed by atoms with van der Waals surface area (Å²) in [7, 11) is 0. The fourth-order valence-electron chi connectivity index (χ4n) is 1.49. The molecule has 1 heterocycles. The number of hydrogen-bond acceptors (Lipinski definition) is 3. The van der Waals surface area contributed by atoms with Gasteiger partial charge in [-0.25, -0.2) is 4.98 Å². The van der Waals surface area contributed by atoms with E-state index in [0.29, 0.717) is 6.54 Å². The Kier molecular flexibility index (Phi) is 3.39. The number of aromatic nitrogens is 2. The third-order valence-corrected chi connectivity index (χ3v) is 2.79. The lowest BCUT2D eigenvalue weighted by atomic mass is 10.1. The second kappa shape index (κ2) is 4.97. The topological polar surface area (TPSA) is 61.0 Å². The average Bonchev–Trinajstić information content (AvgIpc) is 2.82. The summed E-state index contributed by atoms with van der Waals surface area (Å²) in [5.41, 5.74) is 0.922. The van der Waals surface area contributed by atoms with Gasteiger partial charge in [-0.2, -0.15) is 0 Å². The highest BCUT2D eigenvalue weighted by Gasteiger charge is 2.11. The van der Waals surface area contributed by atoms with Crippen molar-refractivity contribution in [2.24, 2.45) is 0 Å². The van der Waals surface area contributed by atoms with E-state index in [4.69, 9.17) is 11.6 Å². The Morgan fingerprint density at radius 3 is 2.65 bits per heavy atom. The quantitative estimate of drug-likeness (QED) is 0.477. The van der Waals surface area contributed by atoms with Crippen molar-refractivity contribution in [1.82, 2.24) is 9.55 Å². The van der Waals surface area contributed by atoms with Crippen LogP contribution >= 0.6 is 11.6 Å². The van der Waals surface area contributed by atoms with Crippen LogP contribution in [0.25, 0.3) is 0 Å². The molecule has 1 aromatic heterocycles. The maximum Gasteiger partial charge on any atom is 0.269 e. The first-order chi connectivity index (χ1) is 8.16. The van der Waals surface area contributed by atoms with Gasteiger partial charge in [0.05, 0.1) is 16.6 Å². The van der Waals surface area contributed by atoms with Crippen molar-refractivity contribution < 1.29 is 4.92 Å². The molecular weight excluding hydrogens is 242 g/mol. The summed E-state index contributed by atoms with van der Waals surface area (Å²) in [6, 6.07) is 6.26.